The molecule has 0 spiro atoms. The van der Waals surface area contributed by atoms with Crippen molar-refractivity contribution in [2.75, 3.05) is 0 Å². The van der Waals surface area contributed by atoms with Crippen LogP contribution in [0, 0.1) is 10.8 Å². The van der Waals surface area contributed by atoms with Crippen molar-refractivity contribution in [3.63, 3.8) is 0 Å². The molecule has 0 saturated heterocycles. The van der Waals surface area contributed by atoms with Gasteiger partial charge in [-0.25, -0.2) is 0 Å². The van der Waals surface area contributed by atoms with Gasteiger partial charge in [0.1, 0.15) is 0 Å². The third kappa shape index (κ3) is 3.93. The van der Waals surface area contributed by atoms with Crippen LogP contribution in [-0.4, -0.2) is 11.2 Å². The third-order valence-corrected chi connectivity index (χ3v) is 2.45. The van der Waals surface area contributed by atoms with Gasteiger partial charge >= 0.3 is 0 Å². The Balaban J connectivity index is 4.65. The molecule has 0 rings (SSSR count). The zero-order chi connectivity index (χ0) is 11.4. The molecule has 0 aromatic heterocycles. The van der Waals surface area contributed by atoms with Crippen LogP contribution in [0.3, 0.4) is 0 Å². The normalized spacial score (nSPS) is 15.5. The minimum atomic E-state index is -0.514. The highest BCUT2D eigenvalue weighted by Gasteiger charge is 2.22. The van der Waals surface area contributed by atoms with Crippen LogP contribution >= 0.6 is 0 Å². The van der Waals surface area contributed by atoms with E-state index in [-0.39, 0.29) is 10.8 Å². The van der Waals surface area contributed by atoms with Crippen molar-refractivity contribution in [1.29, 1.82) is 0 Å². The fraction of sp³-hybridized carbons (Fsp3) is 0.538. The summed E-state index contributed by atoms with van der Waals surface area (Å²) in [7, 11) is 0. The van der Waals surface area contributed by atoms with Crippen molar-refractivity contribution in [3.05, 3.63) is 37.5 Å². The molecule has 1 heteroatoms. The van der Waals surface area contributed by atoms with Crippen molar-refractivity contribution in [1.82, 2.24) is 0 Å². The number of rotatable bonds is 5. The van der Waals surface area contributed by atoms with E-state index in [1.807, 2.05) is 26.0 Å². The second-order valence-electron chi connectivity index (χ2n) is 4.86. The molecule has 1 unspecified atom stereocenters. The highest BCUT2D eigenvalue weighted by atomic mass is 16.3. The van der Waals surface area contributed by atoms with E-state index < -0.39 is 6.10 Å². The standard InChI is InChI=1S/C13H22O/c1-7-11(14)13(5,6)10-9-12(3,4)8-2/h7-11,14H,1-2H2,3-6H3. The minimum Gasteiger partial charge on any atom is -0.388 e. The summed E-state index contributed by atoms with van der Waals surface area (Å²) < 4.78 is 0. The fourth-order valence-corrected chi connectivity index (χ4v) is 0.900. The summed E-state index contributed by atoms with van der Waals surface area (Å²) in [6.07, 6.45) is 7.01. The predicted octanol–water partition coefficient (Wildman–Crippen LogP) is 3.33. The second kappa shape index (κ2) is 4.61. The third-order valence-electron chi connectivity index (χ3n) is 2.45. The molecular formula is C13H22O. The molecule has 0 aromatic carbocycles. The Morgan fingerprint density at radius 1 is 1.07 bits per heavy atom. The Hall–Kier alpha value is -0.820. The van der Waals surface area contributed by atoms with E-state index in [9.17, 15) is 5.11 Å². The summed E-state index contributed by atoms with van der Waals surface area (Å²) in [6, 6.07) is 0. The molecule has 0 aliphatic carbocycles. The molecule has 0 radical (unpaired) electrons. The molecule has 1 atom stereocenters. The summed E-state index contributed by atoms with van der Waals surface area (Å²) in [6.45, 7) is 15.5. The van der Waals surface area contributed by atoms with Crippen LogP contribution in [-0.2, 0) is 0 Å². The molecule has 0 aliphatic heterocycles. The van der Waals surface area contributed by atoms with Crippen LogP contribution in [0.1, 0.15) is 27.7 Å². The minimum absolute atomic E-state index is 0.0296. The average molecular weight is 194 g/mol. The van der Waals surface area contributed by atoms with Gasteiger partial charge in [-0.15, -0.1) is 13.2 Å². The van der Waals surface area contributed by atoms with Crippen LogP contribution in [0.4, 0.5) is 0 Å². The van der Waals surface area contributed by atoms with Gasteiger partial charge in [0, 0.05) is 10.8 Å². The molecule has 0 bridgehead atoms. The average Bonchev–Trinajstić information content (AvgIpc) is 2.14. The molecule has 0 aromatic rings. The highest BCUT2D eigenvalue weighted by Crippen LogP contribution is 2.27. The van der Waals surface area contributed by atoms with Gasteiger partial charge in [-0.2, -0.15) is 0 Å². The first-order valence-corrected chi connectivity index (χ1v) is 4.90. The van der Waals surface area contributed by atoms with Gasteiger partial charge in [0.15, 0.2) is 0 Å². The topological polar surface area (TPSA) is 20.2 Å². The van der Waals surface area contributed by atoms with E-state index in [2.05, 4.69) is 33.1 Å². The van der Waals surface area contributed by atoms with E-state index in [4.69, 9.17) is 0 Å². The first-order chi connectivity index (χ1) is 6.25. The van der Waals surface area contributed by atoms with E-state index in [0.717, 1.165) is 0 Å². The van der Waals surface area contributed by atoms with Crippen LogP contribution in [0.5, 0.6) is 0 Å². The summed E-state index contributed by atoms with van der Waals surface area (Å²) >= 11 is 0. The quantitative estimate of drug-likeness (QED) is 0.666. The Morgan fingerprint density at radius 3 is 1.93 bits per heavy atom. The summed E-state index contributed by atoms with van der Waals surface area (Å²) in [5.41, 5.74) is -0.305. The van der Waals surface area contributed by atoms with Crippen LogP contribution in [0.2, 0.25) is 0 Å². The molecule has 80 valence electrons. The monoisotopic (exact) mass is 194 g/mol. The lowest BCUT2D eigenvalue weighted by molar-refractivity contribution is 0.126. The van der Waals surface area contributed by atoms with Gasteiger partial charge in [0.2, 0.25) is 0 Å². The lowest BCUT2D eigenvalue weighted by atomic mass is 9.82. The zero-order valence-electron chi connectivity index (χ0n) is 9.75. The van der Waals surface area contributed by atoms with Crippen molar-refractivity contribution < 1.29 is 5.11 Å². The van der Waals surface area contributed by atoms with Crippen LogP contribution in [0.15, 0.2) is 37.5 Å². The van der Waals surface area contributed by atoms with Gasteiger partial charge in [-0.1, -0.05) is 52.0 Å². The number of hydrogen-bond donors (Lipinski definition) is 1. The molecule has 14 heavy (non-hydrogen) atoms. The zero-order valence-corrected chi connectivity index (χ0v) is 9.75. The molecule has 1 nitrogen and oxygen atoms in total. The first-order valence-electron chi connectivity index (χ1n) is 4.90. The van der Waals surface area contributed by atoms with E-state index in [0.29, 0.717) is 0 Å². The Labute approximate surface area is 87.8 Å². The lowest BCUT2D eigenvalue weighted by Gasteiger charge is -2.26. The number of aliphatic hydroxyl groups excluding tert-OH is 1. The summed E-state index contributed by atoms with van der Waals surface area (Å²) in [5.74, 6) is 0. The summed E-state index contributed by atoms with van der Waals surface area (Å²) in [5, 5.41) is 9.66. The van der Waals surface area contributed by atoms with Crippen molar-refractivity contribution in [3.8, 4) is 0 Å². The lowest BCUT2D eigenvalue weighted by Crippen LogP contribution is -2.25. The Bertz CT molecular complexity index is 234. The molecule has 0 amide bonds. The first kappa shape index (κ1) is 13.2. The molecule has 0 aliphatic rings. The largest absolute Gasteiger partial charge is 0.388 e. The van der Waals surface area contributed by atoms with E-state index >= 15 is 0 Å². The van der Waals surface area contributed by atoms with Gasteiger partial charge in [0.05, 0.1) is 6.10 Å². The fourth-order valence-electron chi connectivity index (χ4n) is 0.900. The molecule has 1 N–H and O–H groups in total. The van der Waals surface area contributed by atoms with Gasteiger partial charge < -0.3 is 5.11 Å². The number of allylic oxidation sites excluding steroid dienone is 2. The van der Waals surface area contributed by atoms with E-state index in [1.54, 1.807) is 6.08 Å². The highest BCUT2D eigenvalue weighted by molar-refractivity contribution is 5.11. The SMILES string of the molecule is C=CC(O)C(C)(C)C=CC(C)(C)C=C. The maximum absolute atomic E-state index is 9.66. The Morgan fingerprint density at radius 2 is 1.57 bits per heavy atom. The molecule has 0 fully saturated rings. The number of aliphatic hydroxyl groups is 1. The van der Waals surface area contributed by atoms with Crippen LogP contribution in [0.25, 0.3) is 0 Å². The van der Waals surface area contributed by atoms with Crippen molar-refractivity contribution in [2.24, 2.45) is 10.8 Å². The van der Waals surface area contributed by atoms with E-state index in [1.165, 1.54) is 0 Å². The molecule has 0 heterocycles. The Kier molecular flexibility index (Phi) is 4.34. The van der Waals surface area contributed by atoms with Crippen LogP contribution < -0.4 is 0 Å². The van der Waals surface area contributed by atoms with Crippen molar-refractivity contribution >= 4 is 0 Å². The van der Waals surface area contributed by atoms with Crippen molar-refractivity contribution in [2.45, 2.75) is 33.8 Å². The molecular weight excluding hydrogens is 172 g/mol. The molecule has 0 saturated carbocycles. The maximum atomic E-state index is 9.66. The predicted molar refractivity (Wildman–Crippen MR) is 63.1 cm³/mol. The smallest absolute Gasteiger partial charge is 0.0803 e. The van der Waals surface area contributed by atoms with Gasteiger partial charge in [-0.05, 0) is 0 Å². The maximum Gasteiger partial charge on any atom is 0.0803 e. The number of hydrogen-bond acceptors (Lipinski definition) is 1. The van der Waals surface area contributed by atoms with Gasteiger partial charge in [0.25, 0.3) is 0 Å². The summed E-state index contributed by atoms with van der Waals surface area (Å²) in [4.78, 5) is 0. The van der Waals surface area contributed by atoms with Gasteiger partial charge in [-0.3, -0.25) is 0 Å². The second-order valence-corrected chi connectivity index (χ2v) is 4.86.